The third-order valence-corrected chi connectivity index (χ3v) is 3.84. The molecule has 0 fully saturated rings. The second-order valence-corrected chi connectivity index (χ2v) is 5.73. The lowest BCUT2D eigenvalue weighted by Gasteiger charge is -2.14. The summed E-state index contributed by atoms with van der Waals surface area (Å²) in [5.74, 6) is 1.65. The summed E-state index contributed by atoms with van der Waals surface area (Å²) >= 11 is 0. The molecule has 0 atom stereocenters. The number of furan rings is 1. The molecule has 136 valence electrons. The highest BCUT2D eigenvalue weighted by Gasteiger charge is 2.13. The third-order valence-electron chi connectivity index (χ3n) is 3.84. The SMILES string of the molecule is COc1ccc(NC(=O)c2ccco2)cc1Nc1cc(C)nc2ncnn12. The molecular formula is C18H16N6O3. The summed E-state index contributed by atoms with van der Waals surface area (Å²) in [5.41, 5.74) is 2.02. The molecule has 4 rings (SSSR count). The molecule has 0 aliphatic carbocycles. The fourth-order valence-electron chi connectivity index (χ4n) is 2.64. The molecule has 2 N–H and O–H groups in total. The van der Waals surface area contributed by atoms with E-state index in [1.807, 2.05) is 13.0 Å². The zero-order valence-electron chi connectivity index (χ0n) is 14.6. The molecule has 3 heterocycles. The van der Waals surface area contributed by atoms with Gasteiger partial charge in [-0.2, -0.15) is 14.6 Å². The van der Waals surface area contributed by atoms with E-state index in [0.717, 1.165) is 5.69 Å². The number of fused-ring (bicyclic) bond motifs is 1. The molecular weight excluding hydrogens is 348 g/mol. The number of anilines is 3. The Balaban J connectivity index is 1.66. The van der Waals surface area contributed by atoms with Crippen LogP contribution in [0, 0.1) is 6.92 Å². The van der Waals surface area contributed by atoms with Crippen LogP contribution in [-0.2, 0) is 0 Å². The summed E-state index contributed by atoms with van der Waals surface area (Å²) < 4.78 is 12.1. The Morgan fingerprint density at radius 1 is 1.26 bits per heavy atom. The molecule has 0 bridgehead atoms. The first-order chi connectivity index (χ1) is 13.1. The molecule has 0 aliphatic rings. The van der Waals surface area contributed by atoms with Gasteiger partial charge in [0, 0.05) is 17.4 Å². The summed E-state index contributed by atoms with van der Waals surface area (Å²) in [6.45, 7) is 1.87. The highest BCUT2D eigenvalue weighted by Crippen LogP contribution is 2.31. The van der Waals surface area contributed by atoms with E-state index in [2.05, 4.69) is 25.7 Å². The van der Waals surface area contributed by atoms with E-state index < -0.39 is 0 Å². The van der Waals surface area contributed by atoms with Crippen molar-refractivity contribution >= 4 is 28.9 Å². The van der Waals surface area contributed by atoms with Crippen molar-refractivity contribution in [3.8, 4) is 5.75 Å². The van der Waals surface area contributed by atoms with Gasteiger partial charge in [0.2, 0.25) is 0 Å². The van der Waals surface area contributed by atoms with Crippen LogP contribution in [-0.4, -0.2) is 32.6 Å². The van der Waals surface area contributed by atoms with Crippen LogP contribution in [0.25, 0.3) is 5.78 Å². The van der Waals surface area contributed by atoms with E-state index in [9.17, 15) is 4.79 Å². The van der Waals surface area contributed by atoms with Crippen molar-refractivity contribution in [3.05, 3.63) is 60.4 Å². The van der Waals surface area contributed by atoms with Gasteiger partial charge in [-0.25, -0.2) is 4.98 Å². The van der Waals surface area contributed by atoms with E-state index in [1.54, 1.807) is 42.0 Å². The Morgan fingerprint density at radius 2 is 2.15 bits per heavy atom. The van der Waals surface area contributed by atoms with Crippen molar-refractivity contribution in [1.82, 2.24) is 19.6 Å². The van der Waals surface area contributed by atoms with Gasteiger partial charge in [-0.15, -0.1) is 0 Å². The van der Waals surface area contributed by atoms with Gasteiger partial charge in [0.05, 0.1) is 19.1 Å². The fourth-order valence-corrected chi connectivity index (χ4v) is 2.64. The molecule has 0 aliphatic heterocycles. The average molecular weight is 364 g/mol. The van der Waals surface area contributed by atoms with Gasteiger partial charge in [0.1, 0.15) is 17.9 Å². The Bertz CT molecular complexity index is 1100. The maximum Gasteiger partial charge on any atom is 0.291 e. The molecule has 0 saturated heterocycles. The van der Waals surface area contributed by atoms with E-state index in [0.29, 0.717) is 28.7 Å². The van der Waals surface area contributed by atoms with Gasteiger partial charge >= 0.3 is 0 Å². The van der Waals surface area contributed by atoms with Gasteiger partial charge in [-0.3, -0.25) is 4.79 Å². The standard InChI is InChI=1S/C18H16N6O3/c1-11-8-16(24-18(21-11)19-10-20-24)23-13-9-12(5-6-14(13)26-2)22-17(25)15-4-3-7-27-15/h3-10,23H,1-2H3,(H,22,25). The van der Waals surface area contributed by atoms with Crippen LogP contribution >= 0.6 is 0 Å². The first kappa shape index (κ1) is 16.6. The van der Waals surface area contributed by atoms with E-state index in [-0.39, 0.29) is 11.7 Å². The quantitative estimate of drug-likeness (QED) is 0.560. The normalized spacial score (nSPS) is 10.7. The third kappa shape index (κ3) is 3.30. The maximum atomic E-state index is 12.2. The van der Waals surface area contributed by atoms with E-state index in [4.69, 9.17) is 9.15 Å². The maximum absolute atomic E-state index is 12.2. The summed E-state index contributed by atoms with van der Waals surface area (Å²) in [6, 6.07) is 10.4. The lowest BCUT2D eigenvalue weighted by molar-refractivity contribution is 0.0996. The van der Waals surface area contributed by atoms with Crippen LogP contribution < -0.4 is 15.4 Å². The molecule has 0 saturated carbocycles. The second kappa shape index (κ2) is 6.79. The molecule has 0 spiro atoms. The fraction of sp³-hybridized carbons (Fsp3) is 0.111. The smallest absolute Gasteiger partial charge is 0.291 e. The largest absolute Gasteiger partial charge is 0.495 e. The number of aromatic nitrogens is 4. The number of rotatable bonds is 5. The summed E-state index contributed by atoms with van der Waals surface area (Å²) in [6.07, 6.45) is 2.88. The minimum atomic E-state index is -0.338. The van der Waals surface area contributed by atoms with Crippen LogP contribution in [0.3, 0.4) is 0 Å². The number of hydrogen-bond donors (Lipinski definition) is 2. The molecule has 4 aromatic rings. The van der Waals surface area contributed by atoms with Gasteiger partial charge < -0.3 is 19.8 Å². The Hall–Kier alpha value is -3.88. The van der Waals surface area contributed by atoms with Crippen LogP contribution in [0.2, 0.25) is 0 Å². The first-order valence-electron chi connectivity index (χ1n) is 8.11. The number of carbonyl (C=O) groups excluding carboxylic acids is 1. The predicted molar refractivity (Wildman–Crippen MR) is 98.5 cm³/mol. The minimum Gasteiger partial charge on any atom is -0.495 e. The number of ether oxygens (including phenoxy) is 1. The van der Waals surface area contributed by atoms with Crippen molar-refractivity contribution in [2.45, 2.75) is 6.92 Å². The predicted octanol–water partition coefficient (Wildman–Crippen LogP) is 3.03. The molecule has 0 unspecified atom stereocenters. The topological polar surface area (TPSA) is 107 Å². The number of carbonyl (C=O) groups is 1. The molecule has 0 radical (unpaired) electrons. The van der Waals surface area contributed by atoms with Crippen LogP contribution in [0.4, 0.5) is 17.2 Å². The molecule has 9 nitrogen and oxygen atoms in total. The van der Waals surface area contributed by atoms with Gasteiger partial charge in [0.15, 0.2) is 5.76 Å². The zero-order chi connectivity index (χ0) is 18.8. The number of nitrogens with zero attached hydrogens (tertiary/aromatic N) is 4. The minimum absolute atomic E-state index is 0.231. The van der Waals surface area contributed by atoms with Crippen molar-refractivity contribution in [3.63, 3.8) is 0 Å². The molecule has 1 aromatic carbocycles. The monoisotopic (exact) mass is 364 g/mol. The number of hydrogen-bond acceptors (Lipinski definition) is 7. The molecule has 1 amide bonds. The summed E-state index contributed by atoms with van der Waals surface area (Å²) in [5, 5.41) is 10.2. The van der Waals surface area contributed by atoms with Crippen molar-refractivity contribution in [1.29, 1.82) is 0 Å². The molecule has 27 heavy (non-hydrogen) atoms. The Labute approximate surface area is 154 Å². The van der Waals surface area contributed by atoms with Crippen molar-refractivity contribution in [2.75, 3.05) is 17.7 Å². The zero-order valence-corrected chi connectivity index (χ0v) is 14.6. The van der Waals surface area contributed by atoms with Crippen molar-refractivity contribution < 1.29 is 13.9 Å². The number of benzene rings is 1. The number of methoxy groups -OCH3 is 1. The summed E-state index contributed by atoms with van der Waals surface area (Å²) in [7, 11) is 1.57. The van der Waals surface area contributed by atoms with E-state index >= 15 is 0 Å². The molecule has 9 heteroatoms. The van der Waals surface area contributed by atoms with Crippen LogP contribution in [0.15, 0.2) is 53.4 Å². The first-order valence-corrected chi connectivity index (χ1v) is 8.11. The number of amides is 1. The molecule has 3 aromatic heterocycles. The lowest BCUT2D eigenvalue weighted by Crippen LogP contribution is -2.11. The average Bonchev–Trinajstić information content (AvgIpc) is 3.33. The van der Waals surface area contributed by atoms with Crippen LogP contribution in [0.1, 0.15) is 16.2 Å². The van der Waals surface area contributed by atoms with Gasteiger partial charge in [-0.05, 0) is 37.3 Å². The van der Waals surface area contributed by atoms with E-state index in [1.165, 1.54) is 12.6 Å². The summed E-state index contributed by atoms with van der Waals surface area (Å²) in [4.78, 5) is 20.6. The number of aryl methyl sites for hydroxylation is 1. The van der Waals surface area contributed by atoms with Gasteiger partial charge in [-0.1, -0.05) is 0 Å². The van der Waals surface area contributed by atoms with Crippen molar-refractivity contribution in [2.24, 2.45) is 0 Å². The highest BCUT2D eigenvalue weighted by molar-refractivity contribution is 6.02. The lowest BCUT2D eigenvalue weighted by atomic mass is 10.2. The Morgan fingerprint density at radius 3 is 2.93 bits per heavy atom. The Kier molecular flexibility index (Phi) is 4.17. The highest BCUT2D eigenvalue weighted by atomic mass is 16.5. The van der Waals surface area contributed by atoms with Crippen LogP contribution in [0.5, 0.6) is 5.75 Å². The van der Waals surface area contributed by atoms with Gasteiger partial charge in [0.25, 0.3) is 11.7 Å². The number of nitrogens with one attached hydrogen (secondary N) is 2. The second-order valence-electron chi connectivity index (χ2n) is 5.73.